The van der Waals surface area contributed by atoms with Gasteiger partial charge in [-0.1, -0.05) is 0 Å². The summed E-state index contributed by atoms with van der Waals surface area (Å²) in [5.74, 6) is -0.148. The van der Waals surface area contributed by atoms with Gasteiger partial charge in [0.05, 0.1) is 0 Å². The van der Waals surface area contributed by atoms with Gasteiger partial charge in [-0.3, -0.25) is 5.21 Å². The molecular formula is C3H7N2O3+. The Labute approximate surface area is 45.7 Å². The van der Waals surface area contributed by atoms with Crippen LogP contribution in [0.15, 0.2) is 17.2 Å². The number of hydroxylamine groups is 1. The smallest absolute Gasteiger partial charge is 0.294 e. The van der Waals surface area contributed by atoms with Gasteiger partial charge in [0.2, 0.25) is 5.28 Å². The standard InChI is InChI=1S/C3H6N2O3/c1-3(6)2-5(8)4-7/h2,6,8H,1H3/p+1/b3-2-. The van der Waals surface area contributed by atoms with Gasteiger partial charge in [-0.2, -0.15) is 0 Å². The largest absolute Gasteiger partial charge is 0.506 e. The Hall–Kier alpha value is -1.26. The van der Waals surface area contributed by atoms with E-state index in [1.807, 2.05) is 0 Å². The third kappa shape index (κ3) is 2.95. The molecule has 0 aromatic heterocycles. The van der Waals surface area contributed by atoms with Crippen molar-refractivity contribution in [2.75, 3.05) is 0 Å². The van der Waals surface area contributed by atoms with Gasteiger partial charge in [-0.25, -0.2) is 0 Å². The van der Waals surface area contributed by atoms with Gasteiger partial charge in [0.1, 0.15) is 0 Å². The number of rotatable bonds is 1. The lowest BCUT2D eigenvalue weighted by Gasteiger charge is -1.76. The highest BCUT2D eigenvalue weighted by atomic mass is 16.6. The topological polar surface area (TPSA) is 76.1 Å². The lowest BCUT2D eigenvalue weighted by Crippen LogP contribution is -1.92. The molecule has 46 valence electrons. The Morgan fingerprint density at radius 2 is 2.25 bits per heavy atom. The molecule has 0 aromatic carbocycles. The van der Waals surface area contributed by atoms with Crippen LogP contribution >= 0.6 is 0 Å². The summed E-state index contributed by atoms with van der Waals surface area (Å²) in [4.78, 5) is 0.0926. The van der Waals surface area contributed by atoms with Gasteiger partial charge in [-0.15, -0.1) is 0 Å². The van der Waals surface area contributed by atoms with Crippen LogP contribution in [-0.4, -0.2) is 20.4 Å². The Bertz CT molecular complexity index is 124. The molecule has 0 aromatic rings. The molecule has 0 amide bonds. The van der Waals surface area contributed by atoms with E-state index >= 15 is 0 Å². The Morgan fingerprint density at radius 3 is 2.38 bits per heavy atom. The van der Waals surface area contributed by atoms with Crippen molar-refractivity contribution in [2.45, 2.75) is 6.92 Å². The SMILES string of the molecule is C/C(O)=C/[N+](O)=N/O. The van der Waals surface area contributed by atoms with E-state index in [0.29, 0.717) is 0 Å². The summed E-state index contributed by atoms with van der Waals surface area (Å²) in [6.45, 7) is 1.33. The molecule has 5 heteroatoms. The average molecular weight is 119 g/mol. The summed E-state index contributed by atoms with van der Waals surface area (Å²) < 4.78 is 0. The van der Waals surface area contributed by atoms with Gasteiger partial charge in [0.25, 0.3) is 6.20 Å². The summed E-state index contributed by atoms with van der Waals surface area (Å²) in [5.41, 5.74) is 0. The van der Waals surface area contributed by atoms with E-state index in [0.717, 1.165) is 6.20 Å². The van der Waals surface area contributed by atoms with E-state index in [2.05, 4.69) is 5.28 Å². The first kappa shape index (κ1) is 6.74. The zero-order valence-corrected chi connectivity index (χ0v) is 4.31. The van der Waals surface area contributed by atoms with E-state index in [4.69, 9.17) is 15.5 Å². The van der Waals surface area contributed by atoms with Crippen LogP contribution in [0, 0.1) is 0 Å². The molecule has 0 saturated carbocycles. The minimum atomic E-state index is -0.148. The molecule has 0 atom stereocenters. The van der Waals surface area contributed by atoms with Crippen molar-refractivity contribution in [3.63, 3.8) is 0 Å². The van der Waals surface area contributed by atoms with E-state index < -0.39 is 0 Å². The van der Waals surface area contributed by atoms with E-state index in [1.54, 1.807) is 0 Å². The predicted molar refractivity (Wildman–Crippen MR) is 22.6 cm³/mol. The molecule has 0 rings (SSSR count). The fourth-order valence-electron chi connectivity index (χ4n) is 0.193. The monoisotopic (exact) mass is 119 g/mol. The maximum atomic E-state index is 8.34. The van der Waals surface area contributed by atoms with Crippen LogP contribution in [0.2, 0.25) is 0 Å². The third-order valence-electron chi connectivity index (χ3n) is 0.394. The molecule has 0 spiro atoms. The minimum absolute atomic E-state index is 0.0926. The van der Waals surface area contributed by atoms with Crippen LogP contribution in [0.4, 0.5) is 0 Å². The van der Waals surface area contributed by atoms with Crippen molar-refractivity contribution in [1.29, 1.82) is 0 Å². The molecule has 0 saturated heterocycles. The van der Waals surface area contributed by atoms with Crippen molar-refractivity contribution in [1.82, 2.24) is 0 Å². The quantitative estimate of drug-likeness (QED) is 0.205. The first-order chi connectivity index (χ1) is 3.66. The summed E-state index contributed by atoms with van der Waals surface area (Å²) in [7, 11) is 0. The molecule has 0 radical (unpaired) electrons. The highest BCUT2D eigenvalue weighted by molar-refractivity contribution is 4.73. The van der Waals surface area contributed by atoms with Gasteiger partial charge in [0.15, 0.2) is 10.6 Å². The maximum absolute atomic E-state index is 8.34. The van der Waals surface area contributed by atoms with E-state index in [9.17, 15) is 0 Å². The molecule has 0 aliphatic rings. The second kappa shape index (κ2) is 2.84. The Kier molecular flexibility index (Phi) is 2.39. The number of allylic oxidation sites excluding steroid dienone is 1. The number of nitrogens with zero attached hydrogens (tertiary/aromatic N) is 2. The molecule has 0 aliphatic carbocycles. The Balaban J connectivity index is 3.89. The molecule has 0 heterocycles. The number of hydrogen-bond donors (Lipinski definition) is 3. The normalized spacial score (nSPS) is 14.1. The van der Waals surface area contributed by atoms with Crippen LogP contribution in [0.1, 0.15) is 6.92 Å². The summed E-state index contributed by atoms with van der Waals surface area (Å²) in [6, 6.07) is 0. The first-order valence-corrected chi connectivity index (χ1v) is 1.87. The second-order valence-electron chi connectivity index (χ2n) is 1.18. The van der Waals surface area contributed by atoms with E-state index in [-0.39, 0.29) is 10.6 Å². The van der Waals surface area contributed by atoms with Crippen molar-refractivity contribution in [3.8, 4) is 0 Å². The minimum Gasteiger partial charge on any atom is -0.506 e. The lowest BCUT2D eigenvalue weighted by atomic mass is 10.6. The van der Waals surface area contributed by atoms with Crippen LogP contribution in [0.5, 0.6) is 0 Å². The highest BCUT2D eigenvalue weighted by Gasteiger charge is 1.95. The zero-order valence-electron chi connectivity index (χ0n) is 4.31. The van der Waals surface area contributed by atoms with Crippen LogP contribution in [-0.2, 0) is 0 Å². The second-order valence-corrected chi connectivity index (χ2v) is 1.18. The number of hydrogen-bond acceptors (Lipinski definition) is 2. The first-order valence-electron chi connectivity index (χ1n) is 1.87. The van der Waals surface area contributed by atoms with Crippen LogP contribution in [0.3, 0.4) is 0 Å². The van der Waals surface area contributed by atoms with Crippen LogP contribution < -0.4 is 0 Å². The van der Waals surface area contributed by atoms with Crippen molar-refractivity contribution < 1.29 is 20.4 Å². The van der Waals surface area contributed by atoms with Gasteiger partial charge < -0.3 is 10.3 Å². The fraction of sp³-hybridized carbons (Fsp3) is 0.333. The highest BCUT2D eigenvalue weighted by Crippen LogP contribution is 1.82. The molecular weight excluding hydrogens is 112 g/mol. The molecule has 0 unspecified atom stereocenters. The Morgan fingerprint density at radius 1 is 1.75 bits per heavy atom. The van der Waals surface area contributed by atoms with Crippen molar-refractivity contribution in [2.24, 2.45) is 5.28 Å². The average Bonchev–Trinajstić information content (AvgIpc) is 1.65. The number of aliphatic hydroxyl groups is 1. The molecule has 3 N–H and O–H groups in total. The summed E-state index contributed by atoms with van der Waals surface area (Å²) in [6.07, 6.45) is 0.833. The van der Waals surface area contributed by atoms with Crippen LogP contribution in [0.25, 0.3) is 0 Å². The molecule has 8 heavy (non-hydrogen) atoms. The van der Waals surface area contributed by atoms with Crippen molar-refractivity contribution >= 4 is 0 Å². The van der Waals surface area contributed by atoms with E-state index in [1.165, 1.54) is 6.92 Å². The zero-order chi connectivity index (χ0) is 6.57. The predicted octanol–water partition coefficient (Wildman–Crippen LogP) is 0.649. The summed E-state index contributed by atoms with van der Waals surface area (Å²) >= 11 is 0. The number of aliphatic hydroxyl groups excluding tert-OH is 1. The molecule has 5 nitrogen and oxygen atoms in total. The van der Waals surface area contributed by atoms with Gasteiger partial charge >= 0.3 is 0 Å². The molecule has 0 bridgehead atoms. The third-order valence-corrected chi connectivity index (χ3v) is 0.394. The maximum Gasteiger partial charge on any atom is 0.294 e. The van der Waals surface area contributed by atoms with Gasteiger partial charge in [0, 0.05) is 0 Å². The van der Waals surface area contributed by atoms with Crippen molar-refractivity contribution in [3.05, 3.63) is 12.0 Å². The molecule has 0 fully saturated rings. The fourth-order valence-corrected chi connectivity index (χ4v) is 0.193. The van der Waals surface area contributed by atoms with Gasteiger partial charge in [-0.05, 0) is 6.92 Å². The molecule has 0 aliphatic heterocycles. The summed E-state index contributed by atoms with van der Waals surface area (Å²) in [5, 5.41) is 26.6. The lowest BCUT2D eigenvalue weighted by molar-refractivity contribution is -0.791.